The summed E-state index contributed by atoms with van der Waals surface area (Å²) in [4.78, 5) is 10.4. The van der Waals surface area contributed by atoms with E-state index in [0.29, 0.717) is 23.8 Å². The van der Waals surface area contributed by atoms with E-state index in [0.717, 1.165) is 5.65 Å². The van der Waals surface area contributed by atoms with Crippen LogP contribution in [0.5, 0.6) is 0 Å². The molecule has 0 unspecified atom stereocenters. The Morgan fingerprint density at radius 2 is 2.25 bits per heavy atom. The molecule has 16 heavy (non-hydrogen) atoms. The molecule has 0 bridgehead atoms. The number of halogens is 1. The largest absolute Gasteiger partial charge is 0.386 e. The summed E-state index contributed by atoms with van der Waals surface area (Å²) in [6.45, 7) is 2.94. The van der Waals surface area contributed by atoms with Gasteiger partial charge in [-0.05, 0) is 22.9 Å². The number of hydrogen-bond acceptors (Lipinski definition) is 5. The monoisotopic (exact) mass is 283 g/mol. The Hall–Kier alpha value is -1.21. The first-order chi connectivity index (χ1) is 7.55. The molecule has 0 aliphatic carbocycles. The van der Waals surface area contributed by atoms with Crippen molar-refractivity contribution in [3.05, 3.63) is 17.0 Å². The Kier molecular flexibility index (Phi) is 1.96. The third kappa shape index (κ3) is 1.47. The lowest BCUT2D eigenvalue weighted by molar-refractivity contribution is 0.0297. The van der Waals surface area contributed by atoms with Gasteiger partial charge < -0.3 is 10.0 Å². The van der Waals surface area contributed by atoms with Crippen molar-refractivity contribution in [3.8, 4) is 0 Å². The highest BCUT2D eigenvalue weighted by atomic mass is 79.9. The smallest absolute Gasteiger partial charge is 0.228 e. The number of rotatable bonds is 1. The van der Waals surface area contributed by atoms with Crippen molar-refractivity contribution in [1.82, 2.24) is 19.6 Å². The van der Waals surface area contributed by atoms with Gasteiger partial charge >= 0.3 is 0 Å². The lowest BCUT2D eigenvalue weighted by atomic mass is 9.98. The first-order valence-corrected chi connectivity index (χ1v) is 5.69. The van der Waals surface area contributed by atoms with Gasteiger partial charge in [-0.2, -0.15) is 4.52 Å². The van der Waals surface area contributed by atoms with E-state index >= 15 is 0 Å². The van der Waals surface area contributed by atoms with Gasteiger partial charge in [0, 0.05) is 12.3 Å². The fourth-order valence-electron chi connectivity index (χ4n) is 1.91. The second-order valence-electron chi connectivity index (χ2n) is 4.25. The van der Waals surface area contributed by atoms with Gasteiger partial charge in [0.05, 0.1) is 18.7 Å². The first kappa shape index (κ1) is 9.98. The zero-order chi connectivity index (χ0) is 11.3. The van der Waals surface area contributed by atoms with E-state index in [-0.39, 0.29) is 0 Å². The number of aliphatic hydroxyl groups is 1. The summed E-state index contributed by atoms with van der Waals surface area (Å²) < 4.78 is 2.20. The summed E-state index contributed by atoms with van der Waals surface area (Å²) >= 11 is 3.23. The van der Waals surface area contributed by atoms with Crippen molar-refractivity contribution in [2.45, 2.75) is 12.5 Å². The van der Waals surface area contributed by atoms with Crippen LogP contribution in [0.3, 0.4) is 0 Å². The van der Waals surface area contributed by atoms with E-state index in [9.17, 15) is 5.11 Å². The average molecular weight is 284 g/mol. The molecule has 1 N–H and O–H groups in total. The van der Waals surface area contributed by atoms with Gasteiger partial charge in [0.1, 0.15) is 0 Å². The number of nitrogens with zero attached hydrogens (tertiary/aromatic N) is 5. The molecule has 0 spiro atoms. The Morgan fingerprint density at radius 3 is 2.94 bits per heavy atom. The Labute approximate surface area is 100 Å². The minimum atomic E-state index is -0.623. The van der Waals surface area contributed by atoms with E-state index in [1.165, 1.54) is 0 Å². The minimum Gasteiger partial charge on any atom is -0.386 e. The molecule has 0 radical (unpaired) electrons. The Bertz CT molecular complexity index is 544. The standard InChI is InChI=1S/C9H10BrN5O/c1-9(16)4-14(5-9)8-11-3-2-6-12-7(10)13-15(6)8/h2-3,16H,4-5H2,1H3. The zero-order valence-electron chi connectivity index (χ0n) is 8.63. The van der Waals surface area contributed by atoms with Gasteiger partial charge in [-0.25, -0.2) is 9.97 Å². The number of β-amino-alcohol motifs (C(OH)–C–C–N with tert-alkyl or cyclic N) is 1. The van der Waals surface area contributed by atoms with Crippen molar-refractivity contribution < 1.29 is 5.11 Å². The van der Waals surface area contributed by atoms with Crippen molar-refractivity contribution in [1.29, 1.82) is 0 Å². The molecular weight excluding hydrogens is 274 g/mol. The van der Waals surface area contributed by atoms with Crippen molar-refractivity contribution in [3.63, 3.8) is 0 Å². The van der Waals surface area contributed by atoms with Gasteiger partial charge in [-0.3, -0.25) is 0 Å². The number of hydrogen-bond donors (Lipinski definition) is 1. The molecule has 0 saturated carbocycles. The van der Waals surface area contributed by atoms with Crippen LogP contribution in [0.4, 0.5) is 5.95 Å². The number of anilines is 1. The molecule has 3 heterocycles. The van der Waals surface area contributed by atoms with Crippen LogP contribution in [0.2, 0.25) is 0 Å². The summed E-state index contributed by atoms with van der Waals surface area (Å²) in [6.07, 6.45) is 1.69. The molecule has 84 valence electrons. The van der Waals surface area contributed by atoms with Crippen LogP contribution in [0.25, 0.3) is 5.65 Å². The normalized spacial score (nSPS) is 18.8. The summed E-state index contributed by atoms with van der Waals surface area (Å²) in [6, 6.07) is 1.79. The molecule has 0 amide bonds. The summed E-state index contributed by atoms with van der Waals surface area (Å²) in [7, 11) is 0. The Morgan fingerprint density at radius 1 is 1.50 bits per heavy atom. The topological polar surface area (TPSA) is 66.5 Å². The van der Waals surface area contributed by atoms with Gasteiger partial charge in [0.2, 0.25) is 10.7 Å². The Balaban J connectivity index is 2.04. The van der Waals surface area contributed by atoms with E-state index in [2.05, 4.69) is 31.0 Å². The van der Waals surface area contributed by atoms with E-state index in [4.69, 9.17) is 0 Å². The molecular formula is C9H10BrN5O. The van der Waals surface area contributed by atoms with Gasteiger partial charge in [-0.1, -0.05) is 0 Å². The van der Waals surface area contributed by atoms with Crippen LogP contribution in [-0.4, -0.2) is 43.4 Å². The molecule has 2 aromatic heterocycles. The maximum absolute atomic E-state index is 9.70. The average Bonchev–Trinajstić information content (AvgIpc) is 2.53. The fourth-order valence-corrected chi connectivity index (χ4v) is 2.25. The van der Waals surface area contributed by atoms with E-state index < -0.39 is 5.60 Å². The van der Waals surface area contributed by atoms with Gasteiger partial charge in [0.25, 0.3) is 0 Å². The maximum Gasteiger partial charge on any atom is 0.228 e. The molecule has 0 aromatic carbocycles. The third-order valence-electron chi connectivity index (χ3n) is 2.56. The van der Waals surface area contributed by atoms with Crippen LogP contribution in [0.15, 0.2) is 17.0 Å². The van der Waals surface area contributed by atoms with Crippen molar-refractivity contribution in [2.75, 3.05) is 18.0 Å². The zero-order valence-corrected chi connectivity index (χ0v) is 10.2. The molecule has 6 nitrogen and oxygen atoms in total. The fraction of sp³-hybridized carbons (Fsp3) is 0.444. The van der Waals surface area contributed by atoms with Crippen LogP contribution in [0, 0.1) is 0 Å². The predicted octanol–water partition coefficient (Wildman–Crippen LogP) is 0.458. The van der Waals surface area contributed by atoms with Crippen molar-refractivity contribution >= 4 is 27.5 Å². The molecule has 3 rings (SSSR count). The second-order valence-corrected chi connectivity index (χ2v) is 4.96. The summed E-state index contributed by atoms with van der Waals surface area (Å²) in [5.74, 6) is 0.710. The predicted molar refractivity (Wildman–Crippen MR) is 61.3 cm³/mol. The first-order valence-electron chi connectivity index (χ1n) is 4.90. The van der Waals surface area contributed by atoms with Gasteiger partial charge in [0.15, 0.2) is 5.65 Å². The van der Waals surface area contributed by atoms with E-state index in [1.54, 1.807) is 23.7 Å². The van der Waals surface area contributed by atoms with Crippen LogP contribution in [-0.2, 0) is 0 Å². The van der Waals surface area contributed by atoms with Crippen molar-refractivity contribution in [2.24, 2.45) is 0 Å². The lowest BCUT2D eigenvalue weighted by Crippen LogP contribution is -2.60. The highest BCUT2D eigenvalue weighted by Crippen LogP contribution is 2.25. The molecule has 7 heteroatoms. The van der Waals surface area contributed by atoms with Gasteiger partial charge in [-0.15, -0.1) is 5.10 Å². The molecule has 0 atom stereocenters. The third-order valence-corrected chi connectivity index (χ3v) is 2.89. The van der Waals surface area contributed by atoms with Crippen LogP contribution >= 0.6 is 15.9 Å². The number of fused-ring (bicyclic) bond motifs is 1. The van der Waals surface area contributed by atoms with Crippen LogP contribution in [0.1, 0.15) is 6.92 Å². The maximum atomic E-state index is 9.70. The second kappa shape index (κ2) is 3.14. The summed E-state index contributed by atoms with van der Waals surface area (Å²) in [5, 5.41) is 13.9. The lowest BCUT2D eigenvalue weighted by Gasteiger charge is -2.44. The summed E-state index contributed by atoms with van der Waals surface area (Å²) in [5.41, 5.74) is 0.116. The molecule has 1 fully saturated rings. The van der Waals surface area contributed by atoms with E-state index in [1.807, 2.05) is 4.90 Å². The highest BCUT2D eigenvalue weighted by molar-refractivity contribution is 9.10. The quantitative estimate of drug-likeness (QED) is 0.824. The SMILES string of the molecule is CC1(O)CN(c2nccc3nc(Br)nn23)C1. The number of aromatic nitrogens is 4. The van der Waals surface area contributed by atoms with Crippen LogP contribution < -0.4 is 4.90 Å². The molecule has 2 aromatic rings. The molecule has 1 saturated heterocycles. The highest BCUT2D eigenvalue weighted by Gasteiger charge is 2.38. The molecule has 1 aliphatic rings. The molecule has 1 aliphatic heterocycles. The minimum absolute atomic E-state index is 0.536.